The largest absolute Gasteiger partial charge is 0.398 e. The van der Waals surface area contributed by atoms with E-state index in [1.165, 1.54) is 5.56 Å². The molecule has 2 aromatic carbocycles. The zero-order valence-electron chi connectivity index (χ0n) is 12.7. The number of aliphatic hydroxyl groups is 1. The van der Waals surface area contributed by atoms with E-state index in [-0.39, 0.29) is 5.41 Å². The quantitative estimate of drug-likeness (QED) is 0.790. The Labute approximate surface area is 135 Å². The minimum absolute atomic E-state index is 0.183. The number of hydrogen-bond donors (Lipinski definition) is 2. The molecule has 0 aliphatic rings. The van der Waals surface area contributed by atoms with Crippen LogP contribution >= 0.6 is 15.9 Å². The summed E-state index contributed by atoms with van der Waals surface area (Å²) in [6.45, 7) is 6.15. The summed E-state index contributed by atoms with van der Waals surface area (Å²) in [6, 6.07) is 14.1. The van der Waals surface area contributed by atoms with Crippen molar-refractivity contribution in [1.29, 1.82) is 0 Å². The van der Waals surface area contributed by atoms with Crippen molar-refractivity contribution in [3.8, 4) is 0 Å². The van der Waals surface area contributed by atoms with E-state index < -0.39 is 6.10 Å². The molecule has 3 heteroatoms. The summed E-state index contributed by atoms with van der Waals surface area (Å²) in [5, 5.41) is 10.6. The van der Waals surface area contributed by atoms with Gasteiger partial charge >= 0.3 is 0 Å². The van der Waals surface area contributed by atoms with Crippen LogP contribution in [0, 0.1) is 5.41 Å². The molecule has 0 bridgehead atoms. The van der Waals surface area contributed by atoms with Crippen LogP contribution in [0.3, 0.4) is 0 Å². The average Bonchev–Trinajstić information content (AvgIpc) is 2.42. The molecular formula is C18H22BrNO. The second kappa shape index (κ2) is 6.20. The van der Waals surface area contributed by atoms with E-state index in [0.717, 1.165) is 27.7 Å². The van der Waals surface area contributed by atoms with E-state index in [4.69, 9.17) is 5.73 Å². The molecule has 112 valence electrons. The van der Waals surface area contributed by atoms with Crippen LogP contribution in [0.5, 0.6) is 0 Å². The highest BCUT2D eigenvalue weighted by Gasteiger charge is 2.25. The maximum absolute atomic E-state index is 10.6. The van der Waals surface area contributed by atoms with Crippen LogP contribution in [-0.4, -0.2) is 5.11 Å². The number of rotatable bonds is 3. The lowest BCUT2D eigenvalue weighted by molar-refractivity contribution is 0.0620. The summed E-state index contributed by atoms with van der Waals surface area (Å²) in [5.74, 6) is 0. The second-order valence-electron chi connectivity index (χ2n) is 6.50. The summed E-state index contributed by atoms with van der Waals surface area (Å²) in [6.07, 6.45) is 0.299. The fraction of sp³-hybridized carbons (Fsp3) is 0.333. The first kappa shape index (κ1) is 16.1. The third-order valence-corrected chi connectivity index (χ3v) is 4.32. The predicted octanol–water partition coefficient (Wildman–Crippen LogP) is 4.70. The molecular weight excluding hydrogens is 326 g/mol. The van der Waals surface area contributed by atoms with E-state index >= 15 is 0 Å². The van der Waals surface area contributed by atoms with E-state index in [0.29, 0.717) is 0 Å². The number of halogens is 1. The molecule has 0 saturated heterocycles. The molecule has 0 saturated carbocycles. The van der Waals surface area contributed by atoms with Gasteiger partial charge in [0.25, 0.3) is 0 Å². The number of hydrogen-bond acceptors (Lipinski definition) is 2. The van der Waals surface area contributed by atoms with E-state index in [1.807, 2.05) is 57.2 Å². The van der Waals surface area contributed by atoms with E-state index in [2.05, 4.69) is 22.0 Å². The first-order valence-corrected chi connectivity index (χ1v) is 7.88. The molecule has 0 aliphatic carbocycles. The van der Waals surface area contributed by atoms with Crippen molar-refractivity contribution in [3.05, 3.63) is 63.6 Å². The Morgan fingerprint density at radius 1 is 1.14 bits per heavy atom. The second-order valence-corrected chi connectivity index (χ2v) is 7.35. The average molecular weight is 348 g/mol. The van der Waals surface area contributed by atoms with Gasteiger partial charge in [-0.2, -0.15) is 0 Å². The molecule has 0 fully saturated rings. The molecule has 0 aromatic heterocycles. The highest BCUT2D eigenvalue weighted by molar-refractivity contribution is 9.10. The van der Waals surface area contributed by atoms with Crippen molar-refractivity contribution in [2.45, 2.75) is 33.3 Å². The molecule has 1 unspecified atom stereocenters. The van der Waals surface area contributed by atoms with Gasteiger partial charge in [-0.3, -0.25) is 0 Å². The van der Waals surface area contributed by atoms with Gasteiger partial charge in [-0.25, -0.2) is 0 Å². The van der Waals surface area contributed by atoms with Crippen molar-refractivity contribution >= 4 is 21.6 Å². The van der Waals surface area contributed by atoms with E-state index in [1.54, 1.807) is 0 Å². The van der Waals surface area contributed by atoms with Gasteiger partial charge in [-0.15, -0.1) is 0 Å². The number of aliphatic hydroxyl groups excluding tert-OH is 1. The topological polar surface area (TPSA) is 46.2 Å². The van der Waals surface area contributed by atoms with Gasteiger partial charge in [0, 0.05) is 10.2 Å². The first-order valence-electron chi connectivity index (χ1n) is 7.09. The normalized spacial score (nSPS) is 13.2. The minimum atomic E-state index is -0.481. The Morgan fingerprint density at radius 2 is 1.81 bits per heavy atom. The van der Waals surface area contributed by atoms with Gasteiger partial charge in [0.15, 0.2) is 0 Å². The Morgan fingerprint density at radius 3 is 2.43 bits per heavy atom. The van der Waals surface area contributed by atoms with Crippen molar-refractivity contribution in [2.24, 2.45) is 5.41 Å². The molecule has 1 atom stereocenters. The smallest absolute Gasteiger partial charge is 0.0841 e. The predicted molar refractivity (Wildman–Crippen MR) is 92.2 cm³/mol. The maximum atomic E-state index is 10.6. The molecule has 3 N–H and O–H groups in total. The van der Waals surface area contributed by atoms with Gasteiger partial charge in [0.2, 0.25) is 0 Å². The zero-order chi connectivity index (χ0) is 15.6. The molecule has 2 rings (SSSR count). The summed E-state index contributed by atoms with van der Waals surface area (Å²) in [7, 11) is 0. The third-order valence-electron chi connectivity index (χ3n) is 3.63. The summed E-state index contributed by atoms with van der Waals surface area (Å²) in [5.41, 5.74) is 9.70. The molecule has 0 amide bonds. The molecule has 0 radical (unpaired) electrons. The fourth-order valence-electron chi connectivity index (χ4n) is 2.33. The standard InChI is InChI=1S/C18H22BrNO/c1-18(2,3)17(21)14-7-5-4-6-13(14)10-12-8-9-16(20)15(19)11-12/h4-9,11,17,21H,10,20H2,1-3H3. The third kappa shape index (κ3) is 3.86. The molecule has 21 heavy (non-hydrogen) atoms. The Balaban J connectivity index is 2.34. The van der Waals surface area contributed by atoms with Gasteiger partial charge in [0.1, 0.15) is 0 Å². The van der Waals surface area contributed by atoms with Gasteiger partial charge in [0.05, 0.1) is 6.10 Å². The van der Waals surface area contributed by atoms with Crippen LogP contribution in [0.25, 0.3) is 0 Å². The number of nitrogen functional groups attached to an aromatic ring is 1. The lowest BCUT2D eigenvalue weighted by Crippen LogP contribution is -2.19. The molecule has 0 aliphatic heterocycles. The van der Waals surface area contributed by atoms with Gasteiger partial charge < -0.3 is 10.8 Å². The lowest BCUT2D eigenvalue weighted by atomic mass is 9.82. The Bertz CT molecular complexity index is 631. The van der Waals surface area contributed by atoms with Gasteiger partial charge in [-0.1, -0.05) is 51.1 Å². The van der Waals surface area contributed by atoms with Crippen LogP contribution in [0.2, 0.25) is 0 Å². The van der Waals surface area contributed by atoms with Crippen molar-refractivity contribution in [1.82, 2.24) is 0 Å². The van der Waals surface area contributed by atoms with Crippen LogP contribution in [0.4, 0.5) is 5.69 Å². The molecule has 0 heterocycles. The van der Waals surface area contributed by atoms with Crippen LogP contribution in [-0.2, 0) is 6.42 Å². The summed E-state index contributed by atoms with van der Waals surface area (Å²) < 4.78 is 0.911. The van der Waals surface area contributed by atoms with Crippen LogP contribution in [0.15, 0.2) is 46.9 Å². The maximum Gasteiger partial charge on any atom is 0.0841 e. The molecule has 0 spiro atoms. The van der Waals surface area contributed by atoms with E-state index in [9.17, 15) is 5.11 Å². The molecule has 2 nitrogen and oxygen atoms in total. The lowest BCUT2D eigenvalue weighted by Gasteiger charge is -2.28. The molecule has 2 aromatic rings. The Kier molecular flexibility index (Phi) is 4.74. The minimum Gasteiger partial charge on any atom is -0.398 e. The SMILES string of the molecule is CC(C)(C)C(O)c1ccccc1Cc1ccc(N)c(Br)c1. The van der Waals surface area contributed by atoms with Crippen molar-refractivity contribution < 1.29 is 5.11 Å². The Hall–Kier alpha value is -1.32. The highest BCUT2D eigenvalue weighted by atomic mass is 79.9. The van der Waals surface area contributed by atoms with Crippen LogP contribution in [0.1, 0.15) is 43.6 Å². The number of nitrogens with two attached hydrogens (primary N) is 1. The fourth-order valence-corrected chi connectivity index (χ4v) is 2.76. The summed E-state index contributed by atoms with van der Waals surface area (Å²) >= 11 is 3.46. The zero-order valence-corrected chi connectivity index (χ0v) is 14.3. The van der Waals surface area contributed by atoms with Gasteiger partial charge in [-0.05, 0) is 56.6 Å². The van der Waals surface area contributed by atoms with Crippen molar-refractivity contribution in [3.63, 3.8) is 0 Å². The number of benzene rings is 2. The first-order chi connectivity index (χ1) is 9.79. The number of anilines is 1. The monoisotopic (exact) mass is 347 g/mol. The van der Waals surface area contributed by atoms with Crippen LogP contribution < -0.4 is 5.73 Å². The highest BCUT2D eigenvalue weighted by Crippen LogP contribution is 2.35. The van der Waals surface area contributed by atoms with Crippen molar-refractivity contribution in [2.75, 3.05) is 5.73 Å². The summed E-state index contributed by atoms with van der Waals surface area (Å²) in [4.78, 5) is 0.